The number of hydrogen-bond donors (Lipinski definition) is 3. The van der Waals surface area contributed by atoms with Crippen molar-refractivity contribution in [3.63, 3.8) is 0 Å². The number of ether oxygens (including phenoxy) is 1. The van der Waals surface area contributed by atoms with Crippen LogP contribution < -0.4 is 11.2 Å². The number of aliphatic hydroxyl groups excluding tert-OH is 2. The molecule has 1 aliphatic rings. The van der Waals surface area contributed by atoms with Gasteiger partial charge in [0.15, 0.2) is 0 Å². The van der Waals surface area contributed by atoms with Crippen LogP contribution in [0.3, 0.4) is 0 Å². The Morgan fingerprint density at radius 2 is 1.64 bits per heavy atom. The summed E-state index contributed by atoms with van der Waals surface area (Å²) in [5.74, 6) is 0. The number of rotatable bonds is 6. The Hall–Kier alpha value is -3.04. The standard InChI is InChI=1S/C25H29N3O5/c1-16-13-28(25(32)26-24(16)31)19-14-27(20(15-29)22(30)23(19)33-2)21(17-9-5-3-6-10-17)18-11-7-4-8-12-18/h3-13,19-23,29-30H,14-15H2,1-2H3,(H,26,31,32)/t19-,20-,22-,23-/m1/s1. The lowest BCUT2D eigenvalue weighted by molar-refractivity contribution is -0.135. The van der Waals surface area contributed by atoms with Gasteiger partial charge in [-0.1, -0.05) is 60.7 Å². The lowest BCUT2D eigenvalue weighted by Crippen LogP contribution is -2.62. The Balaban J connectivity index is 1.86. The molecule has 0 saturated carbocycles. The van der Waals surface area contributed by atoms with Gasteiger partial charge in [0.1, 0.15) is 6.10 Å². The molecule has 8 nitrogen and oxygen atoms in total. The van der Waals surface area contributed by atoms with Gasteiger partial charge in [-0.25, -0.2) is 4.79 Å². The summed E-state index contributed by atoms with van der Waals surface area (Å²) < 4.78 is 7.05. The summed E-state index contributed by atoms with van der Waals surface area (Å²) in [5, 5.41) is 21.6. The summed E-state index contributed by atoms with van der Waals surface area (Å²) in [6.07, 6.45) is -0.330. The van der Waals surface area contributed by atoms with E-state index in [-0.39, 0.29) is 12.6 Å². The van der Waals surface area contributed by atoms with Crippen LogP contribution >= 0.6 is 0 Å². The minimum atomic E-state index is -1.08. The van der Waals surface area contributed by atoms with E-state index in [1.54, 1.807) is 6.92 Å². The number of aromatic nitrogens is 2. The van der Waals surface area contributed by atoms with Crippen LogP contribution in [0.2, 0.25) is 0 Å². The number of likely N-dealkylation sites (tertiary alicyclic amines) is 1. The van der Waals surface area contributed by atoms with Crippen LogP contribution in [-0.2, 0) is 4.74 Å². The Morgan fingerprint density at radius 1 is 1.06 bits per heavy atom. The Bertz CT molecular complexity index is 1140. The van der Waals surface area contributed by atoms with Crippen LogP contribution in [0.5, 0.6) is 0 Å². The summed E-state index contributed by atoms with van der Waals surface area (Å²) in [5.41, 5.74) is 1.36. The van der Waals surface area contributed by atoms with Crippen molar-refractivity contribution >= 4 is 0 Å². The fourth-order valence-electron chi connectivity index (χ4n) is 4.83. The van der Waals surface area contributed by atoms with Crippen LogP contribution in [0.15, 0.2) is 76.4 Å². The molecule has 174 valence electrons. The second-order valence-electron chi connectivity index (χ2n) is 8.41. The first-order valence-electron chi connectivity index (χ1n) is 11.0. The number of H-pyrrole nitrogens is 1. The summed E-state index contributed by atoms with van der Waals surface area (Å²) in [6.45, 7) is 1.64. The first kappa shape index (κ1) is 23.1. The average molecular weight is 452 g/mol. The molecule has 4 rings (SSSR count). The van der Waals surface area contributed by atoms with E-state index in [1.165, 1.54) is 17.9 Å². The minimum absolute atomic E-state index is 0.279. The molecule has 1 saturated heterocycles. The molecule has 1 aromatic heterocycles. The van der Waals surface area contributed by atoms with Crippen LogP contribution in [0.25, 0.3) is 0 Å². The Labute approximate surface area is 191 Å². The van der Waals surface area contributed by atoms with Gasteiger partial charge >= 0.3 is 5.69 Å². The Kier molecular flexibility index (Phi) is 6.90. The Morgan fingerprint density at radius 3 is 2.15 bits per heavy atom. The molecule has 2 heterocycles. The van der Waals surface area contributed by atoms with Crippen molar-refractivity contribution in [2.24, 2.45) is 0 Å². The molecule has 0 spiro atoms. The maximum Gasteiger partial charge on any atom is 0.328 e. The van der Waals surface area contributed by atoms with E-state index in [9.17, 15) is 19.8 Å². The molecule has 3 N–H and O–H groups in total. The average Bonchev–Trinajstić information content (AvgIpc) is 2.83. The molecule has 8 heteroatoms. The van der Waals surface area contributed by atoms with E-state index in [2.05, 4.69) is 4.98 Å². The molecule has 1 aliphatic heterocycles. The lowest BCUT2D eigenvalue weighted by atomic mass is 9.87. The predicted molar refractivity (Wildman–Crippen MR) is 124 cm³/mol. The zero-order valence-corrected chi connectivity index (χ0v) is 18.7. The number of aliphatic hydroxyl groups is 2. The molecule has 0 amide bonds. The maximum absolute atomic E-state index is 12.7. The fraction of sp³-hybridized carbons (Fsp3) is 0.360. The molecule has 0 radical (unpaired) electrons. The number of hydrogen-bond acceptors (Lipinski definition) is 6. The number of aryl methyl sites for hydroxylation is 1. The zero-order valence-electron chi connectivity index (χ0n) is 18.7. The highest BCUT2D eigenvalue weighted by Crippen LogP contribution is 2.37. The van der Waals surface area contributed by atoms with Crippen LogP contribution in [-0.4, -0.2) is 63.2 Å². The van der Waals surface area contributed by atoms with Crippen LogP contribution in [0.4, 0.5) is 0 Å². The molecule has 0 aliphatic carbocycles. The molecule has 0 unspecified atom stereocenters. The maximum atomic E-state index is 12.7. The first-order chi connectivity index (χ1) is 16.0. The molecule has 1 fully saturated rings. The summed E-state index contributed by atoms with van der Waals surface area (Å²) in [6, 6.07) is 18.2. The largest absolute Gasteiger partial charge is 0.395 e. The van der Waals surface area contributed by atoms with Gasteiger partial charge in [-0.15, -0.1) is 0 Å². The quantitative estimate of drug-likeness (QED) is 0.520. The number of methoxy groups -OCH3 is 1. The number of benzene rings is 2. The minimum Gasteiger partial charge on any atom is -0.395 e. The van der Waals surface area contributed by atoms with Crippen molar-refractivity contribution in [2.75, 3.05) is 20.3 Å². The SMILES string of the molecule is CO[C@H]1[C@H](O)[C@@H](CO)N(C(c2ccccc2)c2ccccc2)C[C@H]1n1cc(C)c(=O)[nH]c1=O. The van der Waals surface area contributed by atoms with Gasteiger partial charge < -0.3 is 14.9 Å². The van der Waals surface area contributed by atoms with E-state index < -0.39 is 35.5 Å². The topological polar surface area (TPSA) is 108 Å². The van der Waals surface area contributed by atoms with Crippen molar-refractivity contribution < 1.29 is 14.9 Å². The van der Waals surface area contributed by atoms with Gasteiger partial charge in [0.05, 0.1) is 30.8 Å². The van der Waals surface area contributed by atoms with Crippen molar-refractivity contribution in [2.45, 2.75) is 37.3 Å². The third-order valence-corrected chi connectivity index (χ3v) is 6.46. The van der Waals surface area contributed by atoms with Gasteiger partial charge in [0.2, 0.25) is 0 Å². The first-order valence-corrected chi connectivity index (χ1v) is 11.0. The molecule has 3 aromatic rings. The van der Waals surface area contributed by atoms with Crippen molar-refractivity contribution in [1.29, 1.82) is 0 Å². The number of aromatic amines is 1. The van der Waals surface area contributed by atoms with Gasteiger partial charge in [0, 0.05) is 25.4 Å². The van der Waals surface area contributed by atoms with E-state index in [1.807, 2.05) is 65.6 Å². The van der Waals surface area contributed by atoms with E-state index in [0.717, 1.165) is 11.1 Å². The molecule has 2 aromatic carbocycles. The van der Waals surface area contributed by atoms with Crippen LogP contribution in [0, 0.1) is 6.92 Å². The van der Waals surface area contributed by atoms with E-state index in [0.29, 0.717) is 12.1 Å². The monoisotopic (exact) mass is 451 g/mol. The second kappa shape index (κ2) is 9.84. The summed E-state index contributed by atoms with van der Waals surface area (Å²) in [4.78, 5) is 29.0. The zero-order chi connectivity index (χ0) is 23.5. The number of nitrogens with zero attached hydrogens (tertiary/aromatic N) is 2. The van der Waals surface area contributed by atoms with Gasteiger partial charge in [-0.2, -0.15) is 0 Å². The number of piperidine rings is 1. The van der Waals surface area contributed by atoms with Crippen LogP contribution in [0.1, 0.15) is 28.8 Å². The van der Waals surface area contributed by atoms with Crippen molar-refractivity contribution in [1.82, 2.24) is 14.5 Å². The highest BCUT2D eigenvalue weighted by molar-refractivity contribution is 5.32. The molecular formula is C25H29N3O5. The fourth-order valence-corrected chi connectivity index (χ4v) is 4.83. The highest BCUT2D eigenvalue weighted by atomic mass is 16.5. The smallest absolute Gasteiger partial charge is 0.328 e. The molecule has 33 heavy (non-hydrogen) atoms. The van der Waals surface area contributed by atoms with Gasteiger partial charge in [0.25, 0.3) is 5.56 Å². The highest BCUT2D eigenvalue weighted by Gasteiger charge is 2.46. The van der Waals surface area contributed by atoms with Gasteiger partial charge in [-0.05, 0) is 18.1 Å². The van der Waals surface area contributed by atoms with E-state index >= 15 is 0 Å². The van der Waals surface area contributed by atoms with Crippen molar-refractivity contribution in [3.05, 3.63) is 104 Å². The number of nitrogens with one attached hydrogen (secondary N) is 1. The normalized spacial score (nSPS) is 23.7. The predicted octanol–water partition coefficient (Wildman–Crippen LogP) is 1.23. The third kappa shape index (κ3) is 4.43. The molecule has 4 atom stereocenters. The van der Waals surface area contributed by atoms with Crippen molar-refractivity contribution in [3.8, 4) is 0 Å². The van der Waals surface area contributed by atoms with Gasteiger partial charge in [-0.3, -0.25) is 19.2 Å². The molecule has 0 bridgehead atoms. The van der Waals surface area contributed by atoms with E-state index in [4.69, 9.17) is 4.74 Å². The third-order valence-electron chi connectivity index (χ3n) is 6.46. The lowest BCUT2D eigenvalue weighted by Gasteiger charge is -2.49. The molecular weight excluding hydrogens is 422 g/mol. The summed E-state index contributed by atoms with van der Waals surface area (Å²) in [7, 11) is 1.47. The second-order valence-corrected chi connectivity index (χ2v) is 8.41. The summed E-state index contributed by atoms with van der Waals surface area (Å²) >= 11 is 0.